The van der Waals surface area contributed by atoms with E-state index < -0.39 is 0 Å². The average Bonchev–Trinajstić information content (AvgIpc) is 2.86. The molecule has 1 aromatic carbocycles. The number of nitrogens with two attached hydrogens (primary N) is 1. The van der Waals surface area contributed by atoms with E-state index in [1.165, 1.54) is 5.01 Å². The van der Waals surface area contributed by atoms with Gasteiger partial charge in [-0.2, -0.15) is 0 Å². The Labute approximate surface area is 105 Å². The van der Waals surface area contributed by atoms with Crippen molar-refractivity contribution in [3.63, 3.8) is 0 Å². The largest absolute Gasteiger partial charge is 0.492 e. The van der Waals surface area contributed by atoms with Crippen molar-refractivity contribution in [1.82, 2.24) is 4.98 Å². The Morgan fingerprint density at radius 1 is 1.29 bits per heavy atom. The number of nitrogens with zero attached hydrogens (tertiary/aromatic N) is 1. The standard InChI is InChI=1S/C13H16N2OS/c1-2-13-15-12(9-17-13)10-3-5-11(6-4-10)16-8-7-14/h3-6,9H,2,7-8,14H2,1H3. The van der Waals surface area contributed by atoms with Gasteiger partial charge in [0.2, 0.25) is 0 Å². The van der Waals surface area contributed by atoms with Crippen LogP contribution in [0.25, 0.3) is 11.3 Å². The lowest BCUT2D eigenvalue weighted by Crippen LogP contribution is -2.10. The molecule has 0 saturated carbocycles. The van der Waals surface area contributed by atoms with Gasteiger partial charge in [-0.25, -0.2) is 4.98 Å². The van der Waals surface area contributed by atoms with Crippen LogP contribution in [-0.4, -0.2) is 18.1 Å². The highest BCUT2D eigenvalue weighted by Crippen LogP contribution is 2.24. The second kappa shape index (κ2) is 5.80. The summed E-state index contributed by atoms with van der Waals surface area (Å²) in [6, 6.07) is 7.96. The SMILES string of the molecule is CCc1nc(-c2ccc(OCCN)cc2)cs1. The lowest BCUT2D eigenvalue weighted by atomic mass is 10.2. The third-order valence-electron chi connectivity index (χ3n) is 2.39. The molecule has 2 aromatic rings. The van der Waals surface area contributed by atoms with Crippen LogP contribution >= 0.6 is 11.3 Å². The summed E-state index contributed by atoms with van der Waals surface area (Å²) in [5, 5.41) is 3.26. The summed E-state index contributed by atoms with van der Waals surface area (Å²) in [4.78, 5) is 4.55. The summed E-state index contributed by atoms with van der Waals surface area (Å²) in [6.07, 6.45) is 0.988. The fourth-order valence-electron chi connectivity index (χ4n) is 1.50. The summed E-state index contributed by atoms with van der Waals surface area (Å²) in [6.45, 7) is 3.20. The summed E-state index contributed by atoms with van der Waals surface area (Å²) in [7, 11) is 0. The van der Waals surface area contributed by atoms with Crippen LogP contribution in [0.4, 0.5) is 0 Å². The van der Waals surface area contributed by atoms with E-state index >= 15 is 0 Å². The average molecular weight is 248 g/mol. The quantitative estimate of drug-likeness (QED) is 0.885. The minimum atomic E-state index is 0.535. The molecule has 4 heteroatoms. The van der Waals surface area contributed by atoms with Crippen LogP contribution < -0.4 is 10.5 Å². The first-order valence-electron chi connectivity index (χ1n) is 5.71. The lowest BCUT2D eigenvalue weighted by molar-refractivity contribution is 0.328. The number of aromatic nitrogens is 1. The van der Waals surface area contributed by atoms with E-state index in [4.69, 9.17) is 10.5 Å². The summed E-state index contributed by atoms with van der Waals surface area (Å²) < 4.78 is 5.43. The highest BCUT2D eigenvalue weighted by Gasteiger charge is 2.03. The number of aryl methyl sites for hydroxylation is 1. The maximum absolute atomic E-state index is 5.43. The molecular formula is C13H16N2OS. The molecule has 0 atom stereocenters. The minimum Gasteiger partial charge on any atom is -0.492 e. The molecule has 0 bridgehead atoms. The molecule has 90 valence electrons. The number of ether oxygens (including phenoxy) is 1. The lowest BCUT2D eigenvalue weighted by Gasteiger charge is -2.04. The molecule has 17 heavy (non-hydrogen) atoms. The van der Waals surface area contributed by atoms with Gasteiger partial charge in [0.15, 0.2) is 0 Å². The molecule has 1 aromatic heterocycles. The molecule has 2 rings (SSSR count). The summed E-state index contributed by atoms with van der Waals surface area (Å²) in [5.41, 5.74) is 7.55. The summed E-state index contributed by atoms with van der Waals surface area (Å²) >= 11 is 1.70. The van der Waals surface area contributed by atoms with Crippen LogP contribution in [0.5, 0.6) is 5.75 Å². The number of hydrogen-bond donors (Lipinski definition) is 1. The van der Waals surface area contributed by atoms with Crippen LogP contribution in [0, 0.1) is 0 Å². The third kappa shape index (κ3) is 3.05. The Morgan fingerprint density at radius 3 is 2.65 bits per heavy atom. The zero-order valence-corrected chi connectivity index (χ0v) is 10.7. The van der Waals surface area contributed by atoms with Crippen LogP contribution in [0.2, 0.25) is 0 Å². The van der Waals surface area contributed by atoms with Crippen LogP contribution in [-0.2, 0) is 6.42 Å². The fraction of sp³-hybridized carbons (Fsp3) is 0.308. The Balaban J connectivity index is 2.11. The molecule has 0 unspecified atom stereocenters. The zero-order chi connectivity index (χ0) is 12.1. The number of rotatable bonds is 5. The van der Waals surface area contributed by atoms with E-state index in [1.54, 1.807) is 11.3 Å². The van der Waals surface area contributed by atoms with Crippen molar-refractivity contribution in [2.45, 2.75) is 13.3 Å². The highest BCUT2D eigenvalue weighted by atomic mass is 32.1. The van der Waals surface area contributed by atoms with Gasteiger partial charge in [-0.05, 0) is 30.7 Å². The number of benzene rings is 1. The van der Waals surface area contributed by atoms with E-state index in [-0.39, 0.29) is 0 Å². The molecule has 0 aliphatic rings. The molecule has 0 aliphatic carbocycles. The van der Waals surface area contributed by atoms with Crippen LogP contribution in [0.3, 0.4) is 0 Å². The molecule has 0 radical (unpaired) electrons. The van der Waals surface area contributed by atoms with Gasteiger partial charge in [0, 0.05) is 17.5 Å². The third-order valence-corrected chi connectivity index (χ3v) is 3.38. The maximum Gasteiger partial charge on any atom is 0.119 e. The number of hydrogen-bond acceptors (Lipinski definition) is 4. The first kappa shape index (κ1) is 12.1. The molecule has 3 nitrogen and oxygen atoms in total. The normalized spacial score (nSPS) is 10.5. The van der Waals surface area contributed by atoms with Gasteiger partial charge in [-0.3, -0.25) is 0 Å². The first-order chi connectivity index (χ1) is 8.33. The molecule has 2 N–H and O–H groups in total. The molecule has 0 aliphatic heterocycles. The Morgan fingerprint density at radius 2 is 2.06 bits per heavy atom. The van der Waals surface area contributed by atoms with Crippen molar-refractivity contribution in [1.29, 1.82) is 0 Å². The highest BCUT2D eigenvalue weighted by molar-refractivity contribution is 7.09. The smallest absolute Gasteiger partial charge is 0.119 e. The van der Waals surface area contributed by atoms with Crippen molar-refractivity contribution in [3.05, 3.63) is 34.7 Å². The van der Waals surface area contributed by atoms with Gasteiger partial charge in [-0.15, -0.1) is 11.3 Å². The van der Waals surface area contributed by atoms with Gasteiger partial charge < -0.3 is 10.5 Å². The molecule has 0 saturated heterocycles. The van der Waals surface area contributed by atoms with Crippen LogP contribution in [0.15, 0.2) is 29.6 Å². The van der Waals surface area contributed by atoms with Gasteiger partial charge in [0.05, 0.1) is 10.7 Å². The minimum absolute atomic E-state index is 0.535. The van der Waals surface area contributed by atoms with Gasteiger partial charge >= 0.3 is 0 Å². The monoisotopic (exact) mass is 248 g/mol. The maximum atomic E-state index is 5.43. The van der Waals surface area contributed by atoms with Crippen molar-refractivity contribution < 1.29 is 4.74 Å². The Kier molecular flexibility index (Phi) is 4.12. The molecule has 0 spiro atoms. The van der Waals surface area contributed by atoms with E-state index in [1.807, 2.05) is 24.3 Å². The second-order valence-electron chi connectivity index (χ2n) is 3.64. The van der Waals surface area contributed by atoms with Crippen molar-refractivity contribution >= 4 is 11.3 Å². The van der Waals surface area contributed by atoms with Gasteiger partial charge in [0.1, 0.15) is 12.4 Å². The molecular weight excluding hydrogens is 232 g/mol. The van der Waals surface area contributed by atoms with Crippen molar-refractivity contribution in [2.75, 3.05) is 13.2 Å². The Hall–Kier alpha value is -1.39. The van der Waals surface area contributed by atoms with E-state index in [2.05, 4.69) is 17.3 Å². The predicted octanol–water partition coefficient (Wildman–Crippen LogP) is 2.71. The van der Waals surface area contributed by atoms with E-state index in [9.17, 15) is 0 Å². The Bertz CT molecular complexity index is 465. The zero-order valence-electron chi connectivity index (χ0n) is 9.85. The molecule has 1 heterocycles. The second-order valence-corrected chi connectivity index (χ2v) is 4.58. The van der Waals surface area contributed by atoms with Gasteiger partial charge in [-0.1, -0.05) is 6.92 Å². The predicted molar refractivity (Wildman–Crippen MR) is 71.5 cm³/mol. The van der Waals surface area contributed by atoms with Crippen molar-refractivity contribution in [2.24, 2.45) is 5.73 Å². The summed E-state index contributed by atoms with van der Waals surface area (Å²) in [5.74, 6) is 0.852. The topological polar surface area (TPSA) is 48.1 Å². The van der Waals surface area contributed by atoms with Crippen LogP contribution in [0.1, 0.15) is 11.9 Å². The fourth-order valence-corrected chi connectivity index (χ4v) is 2.26. The van der Waals surface area contributed by atoms with Gasteiger partial charge in [0.25, 0.3) is 0 Å². The molecule has 0 fully saturated rings. The van der Waals surface area contributed by atoms with E-state index in [0.29, 0.717) is 13.2 Å². The van der Waals surface area contributed by atoms with Crippen molar-refractivity contribution in [3.8, 4) is 17.0 Å². The molecule has 0 amide bonds. The number of thiazole rings is 1. The first-order valence-corrected chi connectivity index (χ1v) is 6.59. The van der Waals surface area contributed by atoms with E-state index in [0.717, 1.165) is 23.4 Å².